The molecule has 2 saturated heterocycles. The molecule has 2 amide bonds. The first-order valence-electron chi connectivity index (χ1n) is 10.6. The van der Waals surface area contributed by atoms with E-state index >= 15 is 0 Å². The standard InChI is InChI=1S/C23H26N4O4S/c1-4-27-10-8-17(9-11-27)30-20-15(2)21(25-14-24-20)31-18-7-5-6-16(12-18)13-19-22(28)26(3)23(29)32-19/h5-7,12-14,17H,4,8-11H2,1-3H3. The zero-order valence-electron chi connectivity index (χ0n) is 18.4. The van der Waals surface area contributed by atoms with Crippen molar-refractivity contribution in [2.24, 2.45) is 0 Å². The Morgan fingerprint density at radius 3 is 2.62 bits per heavy atom. The lowest BCUT2D eigenvalue weighted by atomic mass is 10.1. The number of imide groups is 1. The number of ether oxygens (including phenoxy) is 2. The van der Waals surface area contributed by atoms with E-state index in [1.165, 1.54) is 13.4 Å². The molecule has 2 aromatic rings. The molecule has 0 N–H and O–H groups in total. The van der Waals surface area contributed by atoms with Crippen molar-refractivity contribution in [1.29, 1.82) is 0 Å². The van der Waals surface area contributed by atoms with Crippen molar-refractivity contribution in [1.82, 2.24) is 19.8 Å². The molecule has 4 rings (SSSR count). The van der Waals surface area contributed by atoms with E-state index in [0.717, 1.165) is 60.3 Å². The van der Waals surface area contributed by atoms with Gasteiger partial charge in [-0.1, -0.05) is 19.1 Å². The van der Waals surface area contributed by atoms with E-state index in [4.69, 9.17) is 9.47 Å². The van der Waals surface area contributed by atoms with Crippen LogP contribution in [0.1, 0.15) is 30.9 Å². The molecule has 1 aromatic heterocycles. The van der Waals surface area contributed by atoms with Gasteiger partial charge in [-0.25, -0.2) is 9.97 Å². The summed E-state index contributed by atoms with van der Waals surface area (Å²) in [4.78, 5) is 36.3. The summed E-state index contributed by atoms with van der Waals surface area (Å²) in [5, 5.41) is -0.279. The lowest BCUT2D eigenvalue weighted by molar-refractivity contribution is -0.121. The summed E-state index contributed by atoms with van der Waals surface area (Å²) in [5.41, 5.74) is 1.50. The lowest BCUT2D eigenvalue weighted by Gasteiger charge is -2.31. The molecule has 2 fully saturated rings. The number of hydrogen-bond acceptors (Lipinski definition) is 8. The minimum atomic E-state index is -0.301. The van der Waals surface area contributed by atoms with Crippen molar-refractivity contribution in [2.75, 3.05) is 26.7 Å². The Kier molecular flexibility index (Phi) is 6.76. The smallest absolute Gasteiger partial charge is 0.293 e. The Morgan fingerprint density at radius 1 is 1.19 bits per heavy atom. The van der Waals surface area contributed by atoms with E-state index in [2.05, 4.69) is 21.8 Å². The highest BCUT2D eigenvalue weighted by Crippen LogP contribution is 2.33. The fourth-order valence-corrected chi connectivity index (χ4v) is 4.45. The Morgan fingerprint density at radius 2 is 1.94 bits per heavy atom. The topological polar surface area (TPSA) is 84.9 Å². The molecule has 9 heteroatoms. The third-order valence-electron chi connectivity index (χ3n) is 5.61. The minimum absolute atomic E-state index is 0.136. The Hall–Kier alpha value is -2.91. The van der Waals surface area contributed by atoms with E-state index in [9.17, 15) is 9.59 Å². The monoisotopic (exact) mass is 454 g/mol. The normalized spacial score (nSPS) is 19.1. The summed E-state index contributed by atoms with van der Waals surface area (Å²) in [6, 6.07) is 7.28. The average Bonchev–Trinajstić information content (AvgIpc) is 3.03. The van der Waals surface area contributed by atoms with Gasteiger partial charge in [0.1, 0.15) is 18.2 Å². The fraction of sp³-hybridized carbons (Fsp3) is 0.391. The molecule has 0 bridgehead atoms. The van der Waals surface area contributed by atoms with Crippen molar-refractivity contribution in [2.45, 2.75) is 32.8 Å². The number of likely N-dealkylation sites (N-methyl/N-ethyl adjacent to an activating group) is 1. The maximum atomic E-state index is 12.1. The molecule has 2 aliphatic rings. The number of amides is 2. The maximum absolute atomic E-state index is 12.1. The van der Waals surface area contributed by atoms with Crippen LogP contribution in [-0.2, 0) is 4.79 Å². The van der Waals surface area contributed by atoms with Crippen LogP contribution >= 0.6 is 11.8 Å². The number of piperidine rings is 1. The van der Waals surface area contributed by atoms with Gasteiger partial charge in [-0.05, 0) is 61.8 Å². The molecule has 0 aliphatic carbocycles. The van der Waals surface area contributed by atoms with Gasteiger partial charge in [0.25, 0.3) is 11.1 Å². The first-order chi connectivity index (χ1) is 15.4. The zero-order valence-corrected chi connectivity index (χ0v) is 19.2. The summed E-state index contributed by atoms with van der Waals surface area (Å²) >= 11 is 0.926. The number of hydrogen-bond donors (Lipinski definition) is 0. The predicted octanol–water partition coefficient (Wildman–Crippen LogP) is 4.11. The summed E-state index contributed by atoms with van der Waals surface area (Å²) in [6.45, 7) is 7.17. The quantitative estimate of drug-likeness (QED) is 0.603. The highest BCUT2D eigenvalue weighted by atomic mass is 32.2. The maximum Gasteiger partial charge on any atom is 0.293 e. The van der Waals surface area contributed by atoms with E-state index in [0.29, 0.717) is 22.4 Å². The molecule has 0 radical (unpaired) electrons. The van der Waals surface area contributed by atoms with Gasteiger partial charge in [0.2, 0.25) is 11.8 Å². The average molecular weight is 455 g/mol. The SMILES string of the molecule is CCN1CCC(Oc2ncnc(Oc3cccc(C=C4SC(=O)N(C)C4=O)c3)c2C)CC1. The van der Waals surface area contributed by atoms with Crippen LogP contribution in [0.25, 0.3) is 6.08 Å². The van der Waals surface area contributed by atoms with Crippen LogP contribution in [0.4, 0.5) is 4.79 Å². The predicted molar refractivity (Wildman–Crippen MR) is 123 cm³/mol. The third kappa shape index (κ3) is 4.94. The molecule has 0 unspecified atom stereocenters. The van der Waals surface area contributed by atoms with Crippen LogP contribution in [0.15, 0.2) is 35.5 Å². The summed E-state index contributed by atoms with van der Waals surface area (Å²) < 4.78 is 12.2. The van der Waals surface area contributed by atoms with E-state index in [-0.39, 0.29) is 17.3 Å². The molecule has 2 aliphatic heterocycles. The first-order valence-corrected chi connectivity index (χ1v) is 11.5. The highest BCUT2D eigenvalue weighted by molar-refractivity contribution is 8.18. The van der Waals surface area contributed by atoms with Gasteiger partial charge < -0.3 is 14.4 Å². The molecule has 8 nitrogen and oxygen atoms in total. The second-order valence-electron chi connectivity index (χ2n) is 7.78. The summed E-state index contributed by atoms with van der Waals surface area (Å²) in [7, 11) is 1.47. The van der Waals surface area contributed by atoms with Crippen molar-refractivity contribution >= 4 is 29.0 Å². The van der Waals surface area contributed by atoms with Gasteiger partial charge in [0.05, 0.1) is 10.5 Å². The van der Waals surface area contributed by atoms with E-state index < -0.39 is 0 Å². The van der Waals surface area contributed by atoms with Crippen LogP contribution in [-0.4, -0.2) is 63.7 Å². The molecule has 32 heavy (non-hydrogen) atoms. The van der Waals surface area contributed by atoms with Crippen molar-refractivity contribution in [3.8, 4) is 17.5 Å². The first kappa shape index (κ1) is 22.3. The summed E-state index contributed by atoms with van der Waals surface area (Å²) in [6.07, 6.45) is 5.21. The lowest BCUT2D eigenvalue weighted by Crippen LogP contribution is -2.38. The summed E-state index contributed by atoms with van der Waals surface area (Å²) in [5.74, 6) is 1.23. The number of aromatic nitrogens is 2. The second-order valence-corrected chi connectivity index (χ2v) is 8.77. The minimum Gasteiger partial charge on any atom is -0.474 e. The number of rotatable bonds is 6. The molecular formula is C23H26N4O4S. The molecule has 1 aromatic carbocycles. The number of carbonyl (C=O) groups is 2. The van der Waals surface area contributed by atoms with Crippen LogP contribution < -0.4 is 9.47 Å². The number of nitrogens with zero attached hydrogens (tertiary/aromatic N) is 4. The number of thioether (sulfide) groups is 1. The molecular weight excluding hydrogens is 428 g/mol. The van der Waals surface area contributed by atoms with Crippen molar-refractivity contribution in [3.05, 3.63) is 46.6 Å². The third-order valence-corrected chi connectivity index (χ3v) is 6.57. The zero-order chi connectivity index (χ0) is 22.7. The molecule has 0 spiro atoms. The fourth-order valence-electron chi connectivity index (χ4n) is 3.62. The Bertz CT molecular complexity index is 1050. The van der Waals surface area contributed by atoms with Gasteiger partial charge in [-0.15, -0.1) is 0 Å². The molecule has 3 heterocycles. The van der Waals surface area contributed by atoms with Crippen LogP contribution in [0.2, 0.25) is 0 Å². The second kappa shape index (κ2) is 9.70. The molecule has 0 saturated carbocycles. The van der Waals surface area contributed by atoms with Gasteiger partial charge in [-0.3, -0.25) is 14.5 Å². The highest BCUT2D eigenvalue weighted by Gasteiger charge is 2.31. The number of carbonyl (C=O) groups excluding carboxylic acids is 2. The van der Waals surface area contributed by atoms with Crippen LogP contribution in [0.5, 0.6) is 17.5 Å². The van der Waals surface area contributed by atoms with Gasteiger partial charge in [0, 0.05) is 20.1 Å². The van der Waals surface area contributed by atoms with Crippen LogP contribution in [0, 0.1) is 6.92 Å². The van der Waals surface area contributed by atoms with Crippen molar-refractivity contribution in [3.63, 3.8) is 0 Å². The number of likely N-dealkylation sites (tertiary alicyclic amines) is 1. The Balaban J connectivity index is 1.47. The van der Waals surface area contributed by atoms with Crippen molar-refractivity contribution < 1.29 is 19.1 Å². The molecule has 168 valence electrons. The largest absolute Gasteiger partial charge is 0.474 e. The van der Waals surface area contributed by atoms with Gasteiger partial charge in [0.15, 0.2) is 0 Å². The van der Waals surface area contributed by atoms with Gasteiger partial charge in [-0.2, -0.15) is 0 Å². The molecule has 0 atom stereocenters. The van der Waals surface area contributed by atoms with E-state index in [1.807, 2.05) is 25.1 Å². The Labute approximate surface area is 191 Å². The van der Waals surface area contributed by atoms with E-state index in [1.54, 1.807) is 12.1 Å². The van der Waals surface area contributed by atoms with Gasteiger partial charge >= 0.3 is 0 Å². The number of benzene rings is 1. The van der Waals surface area contributed by atoms with Crippen LogP contribution in [0.3, 0.4) is 0 Å².